The SMILES string of the molecule is COCCC(Cc1cccc(Br)c1)C(=O)NC1(C(=O)O)CC1. The van der Waals surface area contributed by atoms with Crippen LogP contribution in [0, 0.1) is 5.92 Å². The van der Waals surface area contributed by atoms with Crippen LogP contribution < -0.4 is 5.32 Å². The van der Waals surface area contributed by atoms with Crippen LogP contribution in [0.2, 0.25) is 0 Å². The van der Waals surface area contributed by atoms with E-state index in [1.165, 1.54) is 0 Å². The minimum absolute atomic E-state index is 0.211. The van der Waals surface area contributed by atoms with Gasteiger partial charge in [0, 0.05) is 24.1 Å². The highest BCUT2D eigenvalue weighted by molar-refractivity contribution is 9.10. The molecule has 6 heteroatoms. The van der Waals surface area contributed by atoms with Gasteiger partial charge in [-0.25, -0.2) is 4.79 Å². The van der Waals surface area contributed by atoms with Gasteiger partial charge in [0.25, 0.3) is 0 Å². The van der Waals surface area contributed by atoms with Gasteiger partial charge in [-0.2, -0.15) is 0 Å². The summed E-state index contributed by atoms with van der Waals surface area (Å²) in [6.07, 6.45) is 2.12. The number of methoxy groups -OCH3 is 1. The van der Waals surface area contributed by atoms with E-state index in [1.54, 1.807) is 7.11 Å². The van der Waals surface area contributed by atoms with Gasteiger partial charge in [0.2, 0.25) is 5.91 Å². The van der Waals surface area contributed by atoms with E-state index in [4.69, 9.17) is 4.74 Å². The van der Waals surface area contributed by atoms with Crippen molar-refractivity contribution in [2.45, 2.75) is 31.2 Å². The molecule has 1 unspecified atom stereocenters. The molecule has 5 nitrogen and oxygen atoms in total. The first-order valence-corrected chi connectivity index (χ1v) is 8.05. The lowest BCUT2D eigenvalue weighted by Crippen LogP contribution is -2.46. The third-order valence-corrected chi connectivity index (χ3v) is 4.43. The zero-order valence-corrected chi connectivity index (χ0v) is 14.1. The second kappa shape index (κ2) is 7.24. The molecule has 1 aliphatic carbocycles. The molecular formula is C16H20BrNO4. The molecule has 0 saturated heterocycles. The molecule has 1 aromatic rings. The Kier molecular flexibility index (Phi) is 5.58. The normalized spacial score (nSPS) is 16.8. The van der Waals surface area contributed by atoms with Crippen molar-refractivity contribution in [3.63, 3.8) is 0 Å². The molecule has 1 amide bonds. The van der Waals surface area contributed by atoms with Crippen molar-refractivity contribution < 1.29 is 19.4 Å². The van der Waals surface area contributed by atoms with Gasteiger partial charge in [-0.3, -0.25) is 4.79 Å². The number of hydrogen-bond acceptors (Lipinski definition) is 3. The van der Waals surface area contributed by atoms with Crippen LogP contribution in [0.3, 0.4) is 0 Å². The lowest BCUT2D eigenvalue weighted by Gasteiger charge is -2.20. The Morgan fingerprint density at radius 1 is 1.45 bits per heavy atom. The number of halogens is 1. The van der Waals surface area contributed by atoms with E-state index in [-0.39, 0.29) is 11.8 Å². The van der Waals surface area contributed by atoms with Crippen molar-refractivity contribution >= 4 is 27.8 Å². The summed E-state index contributed by atoms with van der Waals surface area (Å²) in [6.45, 7) is 0.464. The Labute approximate surface area is 138 Å². The van der Waals surface area contributed by atoms with Crippen molar-refractivity contribution in [1.29, 1.82) is 0 Å². The van der Waals surface area contributed by atoms with Gasteiger partial charge < -0.3 is 15.2 Å². The van der Waals surface area contributed by atoms with Crippen molar-refractivity contribution in [3.8, 4) is 0 Å². The lowest BCUT2D eigenvalue weighted by molar-refractivity contribution is -0.143. The van der Waals surface area contributed by atoms with E-state index in [0.29, 0.717) is 32.3 Å². The fourth-order valence-corrected chi connectivity index (χ4v) is 2.84. The molecule has 0 aliphatic heterocycles. The summed E-state index contributed by atoms with van der Waals surface area (Å²) in [7, 11) is 1.59. The van der Waals surface area contributed by atoms with Gasteiger partial charge >= 0.3 is 5.97 Å². The molecule has 1 saturated carbocycles. The first-order valence-electron chi connectivity index (χ1n) is 7.25. The zero-order chi connectivity index (χ0) is 16.2. The third kappa shape index (κ3) is 4.30. The van der Waals surface area contributed by atoms with Crippen LogP contribution in [0.5, 0.6) is 0 Å². The molecule has 1 atom stereocenters. The number of hydrogen-bond donors (Lipinski definition) is 2. The summed E-state index contributed by atoms with van der Waals surface area (Å²) in [5, 5.41) is 11.9. The number of ether oxygens (including phenoxy) is 1. The van der Waals surface area contributed by atoms with Crippen LogP contribution in [0.25, 0.3) is 0 Å². The molecule has 0 heterocycles. The number of rotatable bonds is 8. The summed E-state index contributed by atoms with van der Waals surface area (Å²) >= 11 is 3.42. The highest BCUT2D eigenvalue weighted by Crippen LogP contribution is 2.36. The molecule has 1 fully saturated rings. The van der Waals surface area contributed by atoms with E-state index >= 15 is 0 Å². The molecule has 120 valence electrons. The Balaban J connectivity index is 2.05. The minimum atomic E-state index is -1.04. The van der Waals surface area contributed by atoms with Crippen molar-refractivity contribution in [2.24, 2.45) is 5.92 Å². The van der Waals surface area contributed by atoms with E-state index in [2.05, 4.69) is 21.2 Å². The average molecular weight is 370 g/mol. The van der Waals surface area contributed by atoms with Crippen molar-refractivity contribution in [2.75, 3.05) is 13.7 Å². The fourth-order valence-electron chi connectivity index (χ4n) is 2.39. The zero-order valence-electron chi connectivity index (χ0n) is 12.5. The highest BCUT2D eigenvalue weighted by Gasteiger charge is 2.52. The van der Waals surface area contributed by atoms with Gasteiger partial charge in [0.15, 0.2) is 0 Å². The lowest BCUT2D eigenvalue weighted by atomic mass is 9.95. The number of carboxylic acid groups (broad SMARTS) is 1. The fraction of sp³-hybridized carbons (Fsp3) is 0.500. The predicted molar refractivity (Wildman–Crippen MR) is 85.6 cm³/mol. The Morgan fingerprint density at radius 2 is 2.18 bits per heavy atom. The van der Waals surface area contributed by atoms with Crippen LogP contribution >= 0.6 is 15.9 Å². The van der Waals surface area contributed by atoms with Gasteiger partial charge in [0.1, 0.15) is 5.54 Å². The number of aliphatic carboxylic acids is 1. The molecule has 0 aromatic heterocycles. The largest absolute Gasteiger partial charge is 0.480 e. The standard InChI is InChI=1S/C16H20BrNO4/c1-22-8-5-12(9-11-3-2-4-13(17)10-11)14(19)18-16(6-7-16)15(20)21/h2-4,10,12H,5-9H2,1H3,(H,18,19)(H,20,21). The monoisotopic (exact) mass is 369 g/mol. The molecule has 1 aliphatic rings. The number of benzene rings is 1. The summed E-state index contributed by atoms with van der Waals surface area (Å²) in [5.74, 6) is -1.46. The maximum atomic E-state index is 12.5. The van der Waals surface area contributed by atoms with Gasteiger partial charge in [0.05, 0.1) is 0 Å². The maximum Gasteiger partial charge on any atom is 0.329 e. The molecule has 0 radical (unpaired) electrons. The summed E-state index contributed by atoms with van der Waals surface area (Å²) < 4.78 is 6.03. The second-order valence-electron chi connectivity index (χ2n) is 5.69. The molecule has 2 N–H and O–H groups in total. The van der Waals surface area contributed by atoms with E-state index in [9.17, 15) is 14.7 Å². The molecule has 0 spiro atoms. The number of amides is 1. The highest BCUT2D eigenvalue weighted by atomic mass is 79.9. The van der Waals surface area contributed by atoms with Crippen LogP contribution in [-0.4, -0.2) is 36.2 Å². The van der Waals surface area contributed by atoms with Crippen LogP contribution in [0.15, 0.2) is 28.7 Å². The van der Waals surface area contributed by atoms with Crippen LogP contribution in [0.4, 0.5) is 0 Å². The number of carboxylic acids is 1. The van der Waals surface area contributed by atoms with Crippen LogP contribution in [0.1, 0.15) is 24.8 Å². The van der Waals surface area contributed by atoms with Gasteiger partial charge in [-0.05, 0) is 43.4 Å². The average Bonchev–Trinajstić information content (AvgIpc) is 3.24. The Hall–Kier alpha value is -1.40. The molecular weight excluding hydrogens is 350 g/mol. The molecule has 1 aromatic carbocycles. The van der Waals surface area contributed by atoms with E-state index in [0.717, 1.165) is 10.0 Å². The minimum Gasteiger partial charge on any atom is -0.480 e. The third-order valence-electron chi connectivity index (χ3n) is 3.93. The van der Waals surface area contributed by atoms with E-state index in [1.807, 2.05) is 24.3 Å². The van der Waals surface area contributed by atoms with Crippen molar-refractivity contribution in [1.82, 2.24) is 5.32 Å². The van der Waals surface area contributed by atoms with Crippen molar-refractivity contribution in [3.05, 3.63) is 34.3 Å². The summed E-state index contributed by atoms with van der Waals surface area (Å²) in [4.78, 5) is 23.7. The molecule has 22 heavy (non-hydrogen) atoms. The summed E-state index contributed by atoms with van der Waals surface area (Å²) in [5.41, 5.74) is -0.00884. The second-order valence-corrected chi connectivity index (χ2v) is 6.60. The molecule has 2 rings (SSSR count). The van der Waals surface area contributed by atoms with E-state index < -0.39 is 11.5 Å². The number of nitrogens with one attached hydrogen (secondary N) is 1. The van der Waals surface area contributed by atoms with Crippen LogP contribution in [-0.2, 0) is 20.7 Å². The van der Waals surface area contributed by atoms with Gasteiger partial charge in [-0.15, -0.1) is 0 Å². The smallest absolute Gasteiger partial charge is 0.329 e. The number of carbonyl (C=O) groups excluding carboxylic acids is 1. The Bertz CT molecular complexity index is 557. The topological polar surface area (TPSA) is 75.6 Å². The summed E-state index contributed by atoms with van der Waals surface area (Å²) in [6, 6.07) is 7.78. The molecule has 0 bridgehead atoms. The quantitative estimate of drug-likeness (QED) is 0.737. The predicted octanol–water partition coefficient (Wildman–Crippen LogP) is 2.38. The Morgan fingerprint density at radius 3 is 2.73 bits per heavy atom. The maximum absolute atomic E-state index is 12.5. The first-order chi connectivity index (χ1) is 10.5. The first kappa shape index (κ1) is 17.0. The number of carbonyl (C=O) groups is 2. The van der Waals surface area contributed by atoms with Gasteiger partial charge in [-0.1, -0.05) is 28.1 Å².